The smallest absolute Gasteiger partial charge is 0.337 e. The molecule has 5 nitrogen and oxygen atoms in total. The van der Waals surface area contributed by atoms with Gasteiger partial charge < -0.3 is 9.84 Å². The predicted molar refractivity (Wildman–Crippen MR) is 50.2 cm³/mol. The van der Waals surface area contributed by atoms with Crippen molar-refractivity contribution in [2.45, 2.75) is 18.9 Å². The highest BCUT2D eigenvalue weighted by atomic mass is 16.5. The number of ether oxygens (including phenoxy) is 1. The van der Waals surface area contributed by atoms with Crippen LogP contribution in [0.4, 0.5) is 0 Å². The van der Waals surface area contributed by atoms with Gasteiger partial charge in [-0.3, -0.25) is 4.79 Å². The number of rotatable bonds is 4. The number of hydrogen-bond acceptors (Lipinski definition) is 4. The average Bonchev–Trinajstić information content (AvgIpc) is 3.01. The first-order valence-corrected chi connectivity index (χ1v) is 4.56. The fraction of sp³-hybridized carbons (Fsp3) is 0.300. The molecule has 1 fully saturated rings. The van der Waals surface area contributed by atoms with Crippen molar-refractivity contribution < 1.29 is 19.4 Å². The van der Waals surface area contributed by atoms with Gasteiger partial charge in [-0.25, -0.2) is 9.78 Å². The van der Waals surface area contributed by atoms with Gasteiger partial charge in [-0.2, -0.15) is 0 Å². The van der Waals surface area contributed by atoms with E-state index in [1.807, 2.05) is 0 Å². The number of hydrogen-bond donors (Lipinski definition) is 1. The fourth-order valence-corrected chi connectivity index (χ4v) is 1.12. The van der Waals surface area contributed by atoms with Crippen LogP contribution in [0, 0.1) is 0 Å². The summed E-state index contributed by atoms with van der Waals surface area (Å²) in [5.74, 6) is -0.826. The Morgan fingerprint density at radius 1 is 1.60 bits per heavy atom. The Labute approximate surface area is 85.7 Å². The van der Waals surface area contributed by atoms with Crippen molar-refractivity contribution >= 4 is 12.3 Å². The van der Waals surface area contributed by atoms with Crippen molar-refractivity contribution in [3.8, 4) is 5.75 Å². The molecule has 0 amide bonds. The number of pyridine rings is 1. The second-order valence-electron chi connectivity index (χ2n) is 3.35. The maximum atomic E-state index is 10.7. The predicted octanol–water partition coefficient (Wildman–Crippen LogP) is 1.13. The second-order valence-corrected chi connectivity index (χ2v) is 3.35. The number of aromatic carboxylic acids is 1. The Kier molecular flexibility index (Phi) is 2.37. The van der Waals surface area contributed by atoms with E-state index in [2.05, 4.69) is 4.98 Å². The van der Waals surface area contributed by atoms with Gasteiger partial charge in [0.15, 0.2) is 6.29 Å². The van der Waals surface area contributed by atoms with Gasteiger partial charge in [-0.05, 0) is 18.9 Å². The highest BCUT2D eigenvalue weighted by Crippen LogP contribution is 2.28. The van der Waals surface area contributed by atoms with Crippen molar-refractivity contribution in [1.29, 1.82) is 0 Å². The Morgan fingerprint density at radius 2 is 2.33 bits per heavy atom. The number of carbonyl (C=O) groups is 2. The molecule has 1 aliphatic rings. The zero-order valence-corrected chi connectivity index (χ0v) is 7.84. The Morgan fingerprint density at radius 3 is 2.87 bits per heavy atom. The largest absolute Gasteiger partial charge is 0.488 e. The average molecular weight is 207 g/mol. The van der Waals surface area contributed by atoms with Crippen molar-refractivity contribution in [1.82, 2.24) is 4.98 Å². The minimum Gasteiger partial charge on any atom is -0.488 e. The van der Waals surface area contributed by atoms with Crippen molar-refractivity contribution in [2.24, 2.45) is 0 Å². The summed E-state index contributed by atoms with van der Waals surface area (Å²) in [5, 5.41) is 8.74. The summed E-state index contributed by atoms with van der Waals surface area (Å²) < 4.78 is 5.38. The number of carboxylic acids is 1. The molecule has 0 atom stereocenters. The lowest BCUT2D eigenvalue weighted by Crippen LogP contribution is -2.05. The summed E-state index contributed by atoms with van der Waals surface area (Å²) in [6.45, 7) is 0. The minimum atomic E-state index is -1.08. The molecule has 1 aromatic rings. The highest BCUT2D eigenvalue weighted by Gasteiger charge is 2.25. The van der Waals surface area contributed by atoms with E-state index in [0.717, 1.165) is 19.0 Å². The summed E-state index contributed by atoms with van der Waals surface area (Å²) in [7, 11) is 0. The number of nitrogens with zero attached hydrogens (tertiary/aromatic N) is 1. The van der Waals surface area contributed by atoms with Crippen LogP contribution in [-0.4, -0.2) is 28.4 Å². The first-order valence-electron chi connectivity index (χ1n) is 4.56. The van der Waals surface area contributed by atoms with E-state index >= 15 is 0 Å². The Hall–Kier alpha value is -1.91. The van der Waals surface area contributed by atoms with Crippen molar-refractivity contribution in [3.05, 3.63) is 23.5 Å². The van der Waals surface area contributed by atoms with Gasteiger partial charge in [0, 0.05) is 6.20 Å². The standard InChI is InChI=1S/C10H9NO4/c12-5-8-9(15-7-1-2-7)3-6(4-11-8)10(13)14/h3-5,7H,1-2H2,(H,13,14). The topological polar surface area (TPSA) is 76.5 Å². The van der Waals surface area contributed by atoms with Crippen LogP contribution in [-0.2, 0) is 0 Å². The molecule has 1 aromatic heterocycles. The summed E-state index contributed by atoms with van der Waals surface area (Å²) >= 11 is 0. The van der Waals surface area contributed by atoms with Crippen LogP contribution in [0.3, 0.4) is 0 Å². The molecule has 0 saturated heterocycles. The van der Waals surface area contributed by atoms with Crippen LogP contribution >= 0.6 is 0 Å². The lowest BCUT2D eigenvalue weighted by molar-refractivity contribution is 0.0695. The second kappa shape index (κ2) is 3.68. The lowest BCUT2D eigenvalue weighted by atomic mass is 10.2. The maximum Gasteiger partial charge on any atom is 0.337 e. The van der Waals surface area contributed by atoms with Gasteiger partial charge in [0.2, 0.25) is 0 Å². The molecule has 2 rings (SSSR count). The van der Waals surface area contributed by atoms with E-state index < -0.39 is 5.97 Å². The van der Waals surface area contributed by atoms with Crippen LogP contribution in [0.5, 0.6) is 5.75 Å². The Balaban J connectivity index is 2.32. The molecule has 0 spiro atoms. The number of aromatic nitrogens is 1. The summed E-state index contributed by atoms with van der Waals surface area (Å²) in [4.78, 5) is 25.0. The molecule has 0 aromatic carbocycles. The molecule has 0 radical (unpaired) electrons. The first kappa shape index (κ1) is 9.64. The first-order chi connectivity index (χ1) is 7.20. The maximum absolute atomic E-state index is 10.7. The van der Waals surface area contributed by atoms with E-state index in [1.54, 1.807) is 0 Å². The SMILES string of the molecule is O=Cc1ncc(C(=O)O)cc1OC1CC1. The molecule has 1 N–H and O–H groups in total. The fourth-order valence-electron chi connectivity index (χ4n) is 1.12. The van der Waals surface area contributed by atoms with Gasteiger partial charge in [0.1, 0.15) is 11.4 Å². The molecule has 0 unspecified atom stereocenters. The quantitative estimate of drug-likeness (QED) is 0.749. The van der Waals surface area contributed by atoms with Crippen LogP contribution in [0.1, 0.15) is 33.7 Å². The van der Waals surface area contributed by atoms with Gasteiger partial charge in [-0.15, -0.1) is 0 Å². The Bertz CT molecular complexity index is 412. The van der Waals surface area contributed by atoms with Crippen LogP contribution in [0.25, 0.3) is 0 Å². The molecule has 1 saturated carbocycles. The number of aldehydes is 1. The zero-order chi connectivity index (χ0) is 10.8. The molecule has 0 bridgehead atoms. The van der Waals surface area contributed by atoms with Crippen LogP contribution in [0.15, 0.2) is 12.3 Å². The number of carboxylic acid groups (broad SMARTS) is 1. The molecule has 1 heterocycles. The molecule has 1 aliphatic carbocycles. The summed E-state index contributed by atoms with van der Waals surface area (Å²) in [5.41, 5.74) is 0.170. The molecular weight excluding hydrogens is 198 g/mol. The van der Waals surface area contributed by atoms with E-state index in [0.29, 0.717) is 6.29 Å². The minimum absolute atomic E-state index is 0.0243. The van der Waals surface area contributed by atoms with E-state index in [4.69, 9.17) is 9.84 Å². The lowest BCUT2D eigenvalue weighted by Gasteiger charge is -2.06. The van der Waals surface area contributed by atoms with Crippen LogP contribution < -0.4 is 4.74 Å². The summed E-state index contributed by atoms with van der Waals surface area (Å²) in [6, 6.07) is 1.33. The molecule has 0 aliphatic heterocycles. The van der Waals surface area contributed by atoms with E-state index in [1.165, 1.54) is 6.07 Å². The molecular formula is C10H9NO4. The number of carbonyl (C=O) groups excluding carboxylic acids is 1. The summed E-state index contributed by atoms with van der Waals surface area (Å²) in [6.07, 6.45) is 3.69. The van der Waals surface area contributed by atoms with Gasteiger partial charge in [-0.1, -0.05) is 0 Å². The van der Waals surface area contributed by atoms with Gasteiger partial charge in [0.05, 0.1) is 11.7 Å². The molecule has 78 valence electrons. The van der Waals surface area contributed by atoms with Gasteiger partial charge >= 0.3 is 5.97 Å². The van der Waals surface area contributed by atoms with E-state index in [9.17, 15) is 9.59 Å². The third kappa shape index (κ3) is 2.12. The highest BCUT2D eigenvalue weighted by molar-refractivity contribution is 5.89. The van der Waals surface area contributed by atoms with Crippen molar-refractivity contribution in [2.75, 3.05) is 0 Å². The van der Waals surface area contributed by atoms with Gasteiger partial charge in [0.25, 0.3) is 0 Å². The van der Waals surface area contributed by atoms with Crippen LogP contribution in [0.2, 0.25) is 0 Å². The van der Waals surface area contributed by atoms with Crippen molar-refractivity contribution in [3.63, 3.8) is 0 Å². The zero-order valence-electron chi connectivity index (χ0n) is 7.84. The molecule has 5 heteroatoms. The van der Waals surface area contributed by atoms with E-state index in [-0.39, 0.29) is 23.1 Å². The third-order valence-electron chi connectivity index (χ3n) is 2.06. The monoisotopic (exact) mass is 207 g/mol. The third-order valence-corrected chi connectivity index (χ3v) is 2.06. The molecule has 15 heavy (non-hydrogen) atoms. The normalized spacial score (nSPS) is 14.7.